The quantitative estimate of drug-likeness (QED) is 0.509. The van der Waals surface area contributed by atoms with Gasteiger partial charge in [0.05, 0.1) is 0 Å². The van der Waals surface area contributed by atoms with E-state index in [4.69, 9.17) is 15.6 Å². The van der Waals surface area contributed by atoms with Crippen molar-refractivity contribution in [3.63, 3.8) is 0 Å². The highest BCUT2D eigenvalue weighted by molar-refractivity contribution is 5.68. The fraction of sp³-hybridized carbons (Fsp3) is 0.211. The smallest absolute Gasteiger partial charge is 0.341 e. The van der Waals surface area contributed by atoms with Gasteiger partial charge in [0.25, 0.3) is 0 Å². The third-order valence-corrected chi connectivity index (χ3v) is 3.74. The second-order valence-electron chi connectivity index (χ2n) is 5.90. The van der Waals surface area contributed by atoms with Crippen LogP contribution in [0.4, 0.5) is 11.6 Å². The summed E-state index contributed by atoms with van der Waals surface area (Å²) in [5, 5.41) is 11.8. The number of ether oxygens (including phenoxy) is 1. The normalized spacial score (nSPS) is 10.5. The number of nitrogens with one attached hydrogen (secondary N) is 1. The minimum absolute atomic E-state index is 0.362. The maximum atomic E-state index is 10.6. The highest BCUT2D eigenvalue weighted by Gasteiger charge is 2.07. The van der Waals surface area contributed by atoms with E-state index in [0.717, 1.165) is 24.1 Å². The first kappa shape index (κ1) is 19.2. The van der Waals surface area contributed by atoms with Crippen LogP contribution in [0.1, 0.15) is 12.1 Å². The third-order valence-electron chi connectivity index (χ3n) is 3.74. The lowest BCUT2D eigenvalue weighted by molar-refractivity contribution is -0.139. The molecule has 0 fully saturated rings. The molecular weight excluding hydrogens is 360 g/mol. The van der Waals surface area contributed by atoms with Crippen LogP contribution in [0.2, 0.25) is 0 Å². The number of nitrogens with zero attached hydrogens (tertiary/aromatic N) is 4. The first-order chi connectivity index (χ1) is 13.6. The molecule has 0 amide bonds. The van der Waals surface area contributed by atoms with Crippen LogP contribution in [-0.4, -0.2) is 44.2 Å². The number of aliphatic carboxylic acids is 1. The first-order valence-electron chi connectivity index (χ1n) is 8.70. The Morgan fingerprint density at radius 3 is 2.89 bits per heavy atom. The Hall–Kier alpha value is -3.59. The summed E-state index contributed by atoms with van der Waals surface area (Å²) >= 11 is 0. The molecule has 28 heavy (non-hydrogen) atoms. The predicted octanol–water partition coefficient (Wildman–Crippen LogP) is 2.03. The van der Waals surface area contributed by atoms with E-state index in [2.05, 4.69) is 25.3 Å². The largest absolute Gasteiger partial charge is 0.482 e. The van der Waals surface area contributed by atoms with Crippen molar-refractivity contribution in [1.29, 1.82) is 0 Å². The van der Waals surface area contributed by atoms with Crippen LogP contribution in [0, 0.1) is 0 Å². The number of rotatable bonds is 9. The Bertz CT molecular complexity index is 950. The van der Waals surface area contributed by atoms with Crippen LogP contribution in [-0.2, 0) is 11.2 Å². The summed E-state index contributed by atoms with van der Waals surface area (Å²) in [5.41, 5.74) is 7.99. The van der Waals surface area contributed by atoms with Crippen molar-refractivity contribution < 1.29 is 14.6 Å². The van der Waals surface area contributed by atoms with Gasteiger partial charge in [-0.1, -0.05) is 6.07 Å². The highest BCUT2D eigenvalue weighted by atomic mass is 16.5. The molecule has 0 aliphatic heterocycles. The zero-order valence-corrected chi connectivity index (χ0v) is 15.1. The molecule has 1 aromatic carbocycles. The zero-order valence-electron chi connectivity index (χ0n) is 15.1. The average molecular weight is 380 g/mol. The first-order valence-corrected chi connectivity index (χ1v) is 8.70. The second kappa shape index (κ2) is 9.38. The molecule has 0 saturated carbocycles. The number of anilines is 2. The van der Waals surface area contributed by atoms with E-state index in [1.165, 1.54) is 6.33 Å². The van der Waals surface area contributed by atoms with Crippen molar-refractivity contribution >= 4 is 17.6 Å². The molecule has 0 bridgehead atoms. The number of pyridine rings is 1. The molecule has 2 aromatic heterocycles. The van der Waals surface area contributed by atoms with Crippen molar-refractivity contribution in [1.82, 2.24) is 19.9 Å². The maximum Gasteiger partial charge on any atom is 0.341 e. The van der Waals surface area contributed by atoms with Crippen LogP contribution in [0.25, 0.3) is 11.4 Å². The van der Waals surface area contributed by atoms with Gasteiger partial charge in [-0.15, -0.1) is 0 Å². The molecule has 3 rings (SSSR count). The molecule has 4 N–H and O–H groups in total. The topological polar surface area (TPSA) is 136 Å². The monoisotopic (exact) mass is 380 g/mol. The molecule has 2 heterocycles. The molecule has 3 aromatic rings. The van der Waals surface area contributed by atoms with Crippen molar-refractivity contribution in [2.24, 2.45) is 5.73 Å². The van der Waals surface area contributed by atoms with Gasteiger partial charge in [0.2, 0.25) is 5.95 Å². The lowest BCUT2D eigenvalue weighted by Crippen LogP contribution is -2.09. The molecule has 0 radical (unpaired) electrons. The van der Waals surface area contributed by atoms with Gasteiger partial charge in [-0.25, -0.2) is 14.8 Å². The zero-order chi connectivity index (χ0) is 19.8. The van der Waals surface area contributed by atoms with Crippen LogP contribution in [0.5, 0.6) is 5.75 Å². The Morgan fingerprint density at radius 2 is 2.07 bits per heavy atom. The van der Waals surface area contributed by atoms with E-state index in [0.29, 0.717) is 29.8 Å². The number of hydrogen-bond donors (Lipinski definition) is 3. The van der Waals surface area contributed by atoms with Gasteiger partial charge >= 0.3 is 5.97 Å². The van der Waals surface area contributed by atoms with Gasteiger partial charge in [-0.05, 0) is 43.7 Å². The molecule has 9 heteroatoms. The van der Waals surface area contributed by atoms with Gasteiger partial charge in [-0.3, -0.25) is 4.98 Å². The second-order valence-corrected chi connectivity index (χ2v) is 5.90. The molecular formula is C19H20N6O3. The van der Waals surface area contributed by atoms with Crippen molar-refractivity contribution in [2.45, 2.75) is 12.8 Å². The van der Waals surface area contributed by atoms with Crippen molar-refractivity contribution in [3.8, 4) is 17.1 Å². The van der Waals surface area contributed by atoms with Gasteiger partial charge in [0, 0.05) is 29.2 Å². The molecule has 9 nitrogen and oxygen atoms in total. The molecule has 0 unspecified atom stereocenters. The fourth-order valence-electron chi connectivity index (χ4n) is 2.47. The number of carbonyl (C=O) groups is 1. The Balaban J connectivity index is 1.75. The van der Waals surface area contributed by atoms with Crippen molar-refractivity contribution in [2.75, 3.05) is 18.5 Å². The summed E-state index contributed by atoms with van der Waals surface area (Å²) in [7, 11) is 0. The standard InChI is InChI=1S/C19H20N6O3/c20-7-2-4-14-9-13(6-8-21-14)18-22-12-23-19(25-18)24-15-3-1-5-16(10-15)28-11-17(26)27/h1,3,5-6,8-10,12H,2,4,7,11,20H2,(H,26,27)(H,22,23,24,25). The van der Waals surface area contributed by atoms with Crippen LogP contribution in [0.15, 0.2) is 48.9 Å². The molecule has 0 aliphatic carbocycles. The number of nitrogens with two attached hydrogens (primary N) is 1. The van der Waals surface area contributed by atoms with Crippen LogP contribution < -0.4 is 15.8 Å². The molecule has 144 valence electrons. The van der Waals surface area contributed by atoms with Crippen LogP contribution in [0.3, 0.4) is 0 Å². The minimum atomic E-state index is -1.04. The summed E-state index contributed by atoms with van der Waals surface area (Å²) in [6.07, 6.45) is 4.81. The van der Waals surface area contributed by atoms with E-state index in [9.17, 15) is 4.79 Å². The lowest BCUT2D eigenvalue weighted by atomic mass is 10.1. The van der Waals surface area contributed by atoms with Gasteiger partial charge in [0.1, 0.15) is 12.1 Å². The number of aryl methyl sites for hydroxylation is 1. The average Bonchev–Trinajstić information content (AvgIpc) is 2.71. The highest BCUT2D eigenvalue weighted by Crippen LogP contribution is 2.21. The van der Waals surface area contributed by atoms with E-state index < -0.39 is 12.6 Å². The number of aromatic nitrogens is 4. The summed E-state index contributed by atoms with van der Waals surface area (Å²) in [4.78, 5) is 27.8. The number of carboxylic acid groups (broad SMARTS) is 1. The number of benzene rings is 1. The van der Waals surface area contributed by atoms with Crippen LogP contribution >= 0.6 is 0 Å². The molecule has 0 atom stereocenters. The molecule has 0 aliphatic rings. The summed E-state index contributed by atoms with van der Waals surface area (Å²) in [6, 6.07) is 10.7. The van der Waals surface area contributed by atoms with E-state index in [1.54, 1.807) is 30.5 Å². The Kier molecular flexibility index (Phi) is 6.42. The van der Waals surface area contributed by atoms with E-state index >= 15 is 0 Å². The number of carboxylic acids is 1. The predicted molar refractivity (Wildman–Crippen MR) is 103 cm³/mol. The van der Waals surface area contributed by atoms with E-state index in [1.807, 2.05) is 12.1 Å². The minimum Gasteiger partial charge on any atom is -0.482 e. The van der Waals surface area contributed by atoms with E-state index in [-0.39, 0.29) is 0 Å². The molecule has 0 saturated heterocycles. The summed E-state index contributed by atoms with van der Waals surface area (Å²) in [6.45, 7) is 0.203. The Labute approximate surface area is 161 Å². The summed E-state index contributed by atoms with van der Waals surface area (Å²) in [5.74, 6) is 0.275. The molecule has 0 spiro atoms. The fourth-order valence-corrected chi connectivity index (χ4v) is 2.47. The Morgan fingerprint density at radius 1 is 1.18 bits per heavy atom. The number of hydrogen-bond acceptors (Lipinski definition) is 8. The summed E-state index contributed by atoms with van der Waals surface area (Å²) < 4.78 is 5.18. The maximum absolute atomic E-state index is 10.6. The van der Waals surface area contributed by atoms with Gasteiger partial charge in [0.15, 0.2) is 12.4 Å². The lowest BCUT2D eigenvalue weighted by Gasteiger charge is -2.09. The third kappa shape index (κ3) is 5.45. The van der Waals surface area contributed by atoms with Gasteiger partial charge < -0.3 is 20.9 Å². The SMILES string of the molecule is NCCCc1cc(-c2ncnc(Nc3cccc(OCC(=O)O)c3)n2)ccn1. The van der Waals surface area contributed by atoms with Crippen molar-refractivity contribution in [3.05, 3.63) is 54.6 Å². The van der Waals surface area contributed by atoms with Gasteiger partial charge in [-0.2, -0.15) is 4.98 Å².